The number of aliphatic hydroxyl groups is 1. The van der Waals surface area contributed by atoms with Crippen LogP contribution in [0.2, 0.25) is 0 Å². The third-order valence-electron chi connectivity index (χ3n) is 5.09. The predicted molar refractivity (Wildman–Crippen MR) is 84.1 cm³/mol. The van der Waals surface area contributed by atoms with Gasteiger partial charge in [0.15, 0.2) is 0 Å². The molecule has 1 saturated carbocycles. The smallest absolute Gasteiger partial charge is 0.226 e. The van der Waals surface area contributed by atoms with Crippen molar-refractivity contribution in [3.63, 3.8) is 0 Å². The van der Waals surface area contributed by atoms with Crippen LogP contribution >= 0.6 is 0 Å². The van der Waals surface area contributed by atoms with Crippen molar-refractivity contribution >= 4 is 5.91 Å². The minimum atomic E-state index is -0.159. The largest absolute Gasteiger partial charge is 0.396 e. The molecule has 5 nitrogen and oxygen atoms in total. The molecule has 0 aromatic heterocycles. The van der Waals surface area contributed by atoms with Crippen molar-refractivity contribution < 1.29 is 9.90 Å². The van der Waals surface area contributed by atoms with Crippen molar-refractivity contribution in [1.82, 2.24) is 15.1 Å². The first-order valence-electron chi connectivity index (χ1n) is 8.35. The maximum atomic E-state index is 12.7. The van der Waals surface area contributed by atoms with E-state index < -0.39 is 0 Å². The van der Waals surface area contributed by atoms with Crippen molar-refractivity contribution in [2.75, 3.05) is 46.9 Å². The highest BCUT2D eigenvalue weighted by molar-refractivity contribution is 5.80. The van der Waals surface area contributed by atoms with Crippen LogP contribution in [0.15, 0.2) is 0 Å². The van der Waals surface area contributed by atoms with Crippen LogP contribution in [0.3, 0.4) is 0 Å². The van der Waals surface area contributed by atoms with Crippen molar-refractivity contribution in [3.8, 4) is 0 Å². The average Bonchev–Trinajstić information content (AvgIpc) is 2.62. The molecular formula is C16H31N3O2. The lowest BCUT2D eigenvalue weighted by molar-refractivity contribution is -0.128. The summed E-state index contributed by atoms with van der Waals surface area (Å²) in [6, 6.07) is 0. The van der Waals surface area contributed by atoms with Crippen LogP contribution in [0.4, 0.5) is 0 Å². The van der Waals surface area contributed by atoms with Gasteiger partial charge in [-0.05, 0) is 33.4 Å². The lowest BCUT2D eigenvalue weighted by Crippen LogP contribution is -2.54. The fourth-order valence-electron chi connectivity index (χ4n) is 3.74. The molecule has 2 aliphatic rings. The molecule has 0 aromatic rings. The number of nitrogens with zero attached hydrogens (tertiary/aromatic N) is 2. The molecule has 0 unspecified atom stereocenters. The summed E-state index contributed by atoms with van der Waals surface area (Å²) in [5.74, 6) is 0.200. The van der Waals surface area contributed by atoms with Crippen LogP contribution in [-0.4, -0.2) is 73.2 Å². The molecule has 1 amide bonds. The summed E-state index contributed by atoms with van der Waals surface area (Å²) in [7, 11) is 4.17. The summed E-state index contributed by atoms with van der Waals surface area (Å²) in [5, 5.41) is 12.7. The van der Waals surface area contributed by atoms with E-state index >= 15 is 0 Å². The number of amides is 1. The molecule has 21 heavy (non-hydrogen) atoms. The minimum Gasteiger partial charge on any atom is -0.396 e. The summed E-state index contributed by atoms with van der Waals surface area (Å²) >= 11 is 0. The number of hydrogen-bond acceptors (Lipinski definition) is 4. The second-order valence-corrected chi connectivity index (χ2v) is 7.03. The van der Waals surface area contributed by atoms with Crippen molar-refractivity contribution in [3.05, 3.63) is 0 Å². The Kier molecular flexibility index (Phi) is 6.02. The molecule has 0 spiro atoms. The molecule has 5 heteroatoms. The van der Waals surface area contributed by atoms with Gasteiger partial charge in [0, 0.05) is 38.3 Å². The Balaban J connectivity index is 2.00. The van der Waals surface area contributed by atoms with E-state index in [4.69, 9.17) is 0 Å². The molecule has 122 valence electrons. The van der Waals surface area contributed by atoms with Crippen molar-refractivity contribution in [2.45, 2.75) is 44.1 Å². The summed E-state index contributed by atoms with van der Waals surface area (Å²) in [6.45, 7) is 3.84. The van der Waals surface area contributed by atoms with Crippen molar-refractivity contribution in [2.24, 2.45) is 5.92 Å². The molecule has 0 bridgehead atoms. The van der Waals surface area contributed by atoms with E-state index in [0.29, 0.717) is 6.42 Å². The third-order valence-corrected chi connectivity index (χ3v) is 5.09. The standard InChI is InChI=1S/C16H31N3O2/c1-18-9-10-19(2)13-14(12-18)15(21)17-16(8-11-20)6-4-3-5-7-16/h14,20H,3-13H2,1-2H3,(H,17,21). The van der Waals surface area contributed by atoms with Gasteiger partial charge in [-0.25, -0.2) is 0 Å². The van der Waals surface area contributed by atoms with Gasteiger partial charge in [-0.2, -0.15) is 0 Å². The first-order chi connectivity index (χ1) is 10.0. The maximum absolute atomic E-state index is 12.7. The van der Waals surface area contributed by atoms with Gasteiger partial charge in [0.1, 0.15) is 0 Å². The number of nitrogens with one attached hydrogen (secondary N) is 1. The molecule has 1 saturated heterocycles. The first-order valence-corrected chi connectivity index (χ1v) is 8.35. The lowest BCUT2D eigenvalue weighted by Gasteiger charge is -2.39. The highest BCUT2D eigenvalue weighted by Gasteiger charge is 2.35. The van der Waals surface area contributed by atoms with Crippen LogP contribution in [-0.2, 0) is 4.79 Å². The zero-order valence-corrected chi connectivity index (χ0v) is 13.6. The summed E-state index contributed by atoms with van der Waals surface area (Å²) in [4.78, 5) is 17.2. The molecule has 2 rings (SSSR count). The molecule has 2 N–H and O–H groups in total. The minimum absolute atomic E-state index is 0.0278. The third kappa shape index (κ3) is 4.66. The quantitative estimate of drug-likeness (QED) is 0.801. The Labute approximate surface area is 128 Å². The SMILES string of the molecule is CN1CCN(C)CC(C(=O)NC2(CCO)CCCCC2)C1. The van der Waals surface area contributed by atoms with E-state index in [-0.39, 0.29) is 24.0 Å². The van der Waals surface area contributed by atoms with Crippen molar-refractivity contribution in [1.29, 1.82) is 0 Å². The van der Waals surface area contributed by atoms with Crippen LogP contribution in [0, 0.1) is 5.92 Å². The molecule has 0 aromatic carbocycles. The van der Waals surface area contributed by atoms with Gasteiger partial charge in [-0.1, -0.05) is 19.3 Å². The molecule has 0 radical (unpaired) electrons. The average molecular weight is 297 g/mol. The molecule has 1 aliphatic heterocycles. The molecule has 2 fully saturated rings. The first kappa shape index (κ1) is 16.7. The molecule has 0 atom stereocenters. The summed E-state index contributed by atoms with van der Waals surface area (Å²) in [5.41, 5.74) is -0.159. The molecule has 1 heterocycles. The number of carbonyl (C=O) groups excluding carboxylic acids is 1. The fraction of sp³-hybridized carbons (Fsp3) is 0.938. The normalized spacial score (nSPS) is 25.5. The van der Waals surface area contributed by atoms with Gasteiger partial charge in [-0.3, -0.25) is 4.79 Å². The zero-order chi connectivity index (χ0) is 15.3. The van der Waals surface area contributed by atoms with E-state index in [1.807, 2.05) is 0 Å². The van der Waals surface area contributed by atoms with Gasteiger partial charge in [-0.15, -0.1) is 0 Å². The van der Waals surface area contributed by atoms with Crippen LogP contribution < -0.4 is 5.32 Å². The van der Waals surface area contributed by atoms with Gasteiger partial charge in [0.2, 0.25) is 5.91 Å². The second-order valence-electron chi connectivity index (χ2n) is 7.03. The Morgan fingerprint density at radius 3 is 2.24 bits per heavy atom. The number of hydrogen-bond donors (Lipinski definition) is 2. The predicted octanol–water partition coefficient (Wildman–Crippen LogP) is 0.681. The number of likely N-dealkylation sites (N-methyl/N-ethyl adjacent to an activating group) is 2. The van der Waals surface area contributed by atoms with Crippen LogP contribution in [0.5, 0.6) is 0 Å². The molecule has 1 aliphatic carbocycles. The Morgan fingerprint density at radius 2 is 1.71 bits per heavy atom. The van der Waals surface area contributed by atoms with E-state index in [0.717, 1.165) is 51.9 Å². The number of rotatable bonds is 4. The lowest BCUT2D eigenvalue weighted by atomic mass is 9.79. The zero-order valence-electron chi connectivity index (χ0n) is 13.6. The Bertz CT molecular complexity index is 325. The monoisotopic (exact) mass is 297 g/mol. The number of aliphatic hydroxyl groups excluding tert-OH is 1. The van der Waals surface area contributed by atoms with E-state index in [1.165, 1.54) is 6.42 Å². The highest BCUT2D eigenvalue weighted by atomic mass is 16.3. The fourth-order valence-corrected chi connectivity index (χ4v) is 3.74. The van der Waals surface area contributed by atoms with E-state index in [9.17, 15) is 9.90 Å². The Hall–Kier alpha value is -0.650. The van der Waals surface area contributed by atoms with E-state index in [2.05, 4.69) is 29.2 Å². The van der Waals surface area contributed by atoms with Gasteiger partial charge >= 0.3 is 0 Å². The second kappa shape index (κ2) is 7.56. The number of carbonyl (C=O) groups is 1. The topological polar surface area (TPSA) is 55.8 Å². The summed E-state index contributed by atoms with van der Waals surface area (Å²) in [6.07, 6.45) is 6.28. The van der Waals surface area contributed by atoms with E-state index in [1.54, 1.807) is 0 Å². The van der Waals surface area contributed by atoms with Gasteiger partial charge < -0.3 is 20.2 Å². The Morgan fingerprint density at radius 1 is 1.14 bits per heavy atom. The van der Waals surface area contributed by atoms with Gasteiger partial charge in [0.25, 0.3) is 0 Å². The summed E-state index contributed by atoms with van der Waals surface area (Å²) < 4.78 is 0. The molecular weight excluding hydrogens is 266 g/mol. The van der Waals surface area contributed by atoms with Crippen LogP contribution in [0.25, 0.3) is 0 Å². The maximum Gasteiger partial charge on any atom is 0.226 e. The highest BCUT2D eigenvalue weighted by Crippen LogP contribution is 2.31. The van der Waals surface area contributed by atoms with Gasteiger partial charge in [0.05, 0.1) is 5.92 Å². The van der Waals surface area contributed by atoms with Crippen LogP contribution in [0.1, 0.15) is 38.5 Å².